The number of amides is 2. The normalized spacial score (nSPS) is 10.3. The predicted molar refractivity (Wildman–Crippen MR) is 231 cm³/mol. The van der Waals surface area contributed by atoms with Gasteiger partial charge in [-0.1, -0.05) is 0 Å². The topological polar surface area (TPSA) is 235 Å². The number of ketones is 3. The molecule has 6 rings (SSSR count). The molecule has 0 saturated carbocycles. The average molecular weight is 872 g/mol. The number of ether oxygens (including phenoxy) is 4. The molecule has 0 aliphatic heterocycles. The van der Waals surface area contributed by atoms with E-state index in [1.807, 2.05) is 37.5 Å². The Bertz CT molecular complexity index is 2480. The maximum absolute atomic E-state index is 12.4. The second kappa shape index (κ2) is 23.7. The molecule has 0 unspecified atom stereocenters. The van der Waals surface area contributed by atoms with Crippen LogP contribution >= 0.6 is 22.7 Å². The third-order valence-corrected chi connectivity index (χ3v) is 10.4. The highest BCUT2D eigenvalue weighted by Gasteiger charge is 2.17. The number of rotatable bonds is 18. The molecule has 0 aliphatic carbocycles. The van der Waals surface area contributed by atoms with Crippen LogP contribution in [0.25, 0.3) is 20.4 Å². The van der Waals surface area contributed by atoms with Gasteiger partial charge in [-0.05, 0) is 74.5 Å². The number of aromatic nitrogens is 2. The third-order valence-electron chi connectivity index (χ3n) is 8.53. The monoisotopic (exact) mass is 871 g/mol. The maximum atomic E-state index is 12.4. The maximum Gasteiger partial charge on any atom is 0.338 e. The molecular weight excluding hydrogens is 827 g/mol. The zero-order chi connectivity index (χ0) is 44.3. The molecule has 2 amide bonds. The van der Waals surface area contributed by atoms with Crippen LogP contribution < -0.4 is 35.5 Å². The van der Waals surface area contributed by atoms with E-state index in [2.05, 4.69) is 15.3 Å². The number of benzene rings is 2. The summed E-state index contributed by atoms with van der Waals surface area (Å²) in [5, 5.41) is 14.7. The number of hydrazine groups is 1. The fourth-order valence-electron chi connectivity index (χ4n) is 5.49. The van der Waals surface area contributed by atoms with Crippen molar-refractivity contribution in [1.82, 2.24) is 20.7 Å². The summed E-state index contributed by atoms with van der Waals surface area (Å²) >= 11 is 2.83. The van der Waals surface area contributed by atoms with Gasteiger partial charge in [0.1, 0.15) is 0 Å². The lowest BCUT2D eigenvalue weighted by Gasteiger charge is -2.10. The van der Waals surface area contributed by atoms with Gasteiger partial charge in [0.25, 0.3) is 0 Å². The van der Waals surface area contributed by atoms with Crippen LogP contribution in [0.5, 0.6) is 23.0 Å². The molecule has 0 radical (unpaired) electrons. The minimum absolute atomic E-state index is 0.00965. The van der Waals surface area contributed by atoms with E-state index in [1.165, 1.54) is 36.9 Å². The number of aromatic carboxylic acids is 1. The van der Waals surface area contributed by atoms with Crippen LogP contribution in [0.15, 0.2) is 83.8 Å². The van der Waals surface area contributed by atoms with Crippen molar-refractivity contribution >= 4 is 78.2 Å². The van der Waals surface area contributed by atoms with Gasteiger partial charge >= 0.3 is 5.97 Å². The molecule has 320 valence electrons. The molecule has 5 N–H and O–H groups in total. The fourth-order valence-corrected chi connectivity index (χ4v) is 7.30. The van der Waals surface area contributed by atoms with Crippen LogP contribution in [-0.2, 0) is 9.59 Å². The Balaban J connectivity index is 0.000000224. The zero-order valence-electron chi connectivity index (χ0n) is 33.9. The molecule has 61 heavy (non-hydrogen) atoms. The van der Waals surface area contributed by atoms with Crippen molar-refractivity contribution in [2.75, 3.05) is 34.0 Å². The second-order valence-corrected chi connectivity index (χ2v) is 14.3. The lowest BCUT2D eigenvalue weighted by molar-refractivity contribution is -0.121. The van der Waals surface area contributed by atoms with Crippen molar-refractivity contribution in [3.63, 3.8) is 0 Å². The molecule has 4 heterocycles. The first-order chi connectivity index (χ1) is 29.4. The molecule has 2 aromatic carbocycles. The van der Waals surface area contributed by atoms with E-state index in [4.69, 9.17) is 29.9 Å². The lowest BCUT2D eigenvalue weighted by atomic mass is 10.1. The molecule has 4 aromatic heterocycles. The number of nitrogens with two attached hydrogens (primary N) is 1. The van der Waals surface area contributed by atoms with Crippen molar-refractivity contribution in [3.8, 4) is 23.0 Å². The molecule has 16 nitrogen and oxygen atoms in total. The number of thiophene rings is 2. The highest BCUT2D eigenvalue weighted by Crippen LogP contribution is 2.30. The van der Waals surface area contributed by atoms with Crippen LogP contribution in [0.3, 0.4) is 0 Å². The fraction of sp³-hybridized carbons (Fsp3) is 0.256. The first kappa shape index (κ1) is 46.9. The Morgan fingerprint density at radius 1 is 0.639 bits per heavy atom. The first-order valence-corrected chi connectivity index (χ1v) is 20.5. The predicted octanol–water partition coefficient (Wildman–Crippen LogP) is 6.71. The van der Waals surface area contributed by atoms with Gasteiger partial charge in [0, 0.05) is 60.0 Å². The molecule has 0 spiro atoms. The molecule has 0 atom stereocenters. The van der Waals surface area contributed by atoms with E-state index >= 15 is 0 Å². The first-order valence-electron chi connectivity index (χ1n) is 18.8. The number of fused-ring (bicyclic) bond motifs is 2. The average Bonchev–Trinajstić information content (AvgIpc) is 3.93. The highest BCUT2D eigenvalue weighted by atomic mass is 32.1. The molecule has 0 fully saturated rings. The van der Waals surface area contributed by atoms with Gasteiger partial charge in [0.05, 0.1) is 65.5 Å². The van der Waals surface area contributed by atoms with E-state index in [1.54, 1.807) is 65.6 Å². The third kappa shape index (κ3) is 13.4. The molecular formula is C43H45N5O11S2. The van der Waals surface area contributed by atoms with Crippen LogP contribution in [-0.4, -0.2) is 84.2 Å². The Hall–Kier alpha value is -6.76. The summed E-state index contributed by atoms with van der Waals surface area (Å²) in [6.45, 7) is 4.59. The standard InChI is InChI=1S/C22H22N2O5S.C13H18N2O4.C8H5NO2S/c1-3-29-18-8-6-14(11-19(18)28-2)16(25)7-9-21(27)24-12-17(26)15-13-30-20-5-4-10-23-22(15)20;1-3-19-11-6-4-9(8-12(11)18-2)10(16)5-7-13(17)15-14;10-8(11)5-4-12-6-2-1-3-9-7(5)6/h4-6,8,10-11,13H,3,7,9,12H2,1-2H3,(H,24,27);4,6,8H,3,5,7,14H2,1-2H3,(H,15,17);1-4H,(H,10,11). The molecule has 0 aliphatic rings. The molecule has 18 heteroatoms. The Morgan fingerprint density at radius 3 is 1.57 bits per heavy atom. The Labute approximate surface area is 359 Å². The van der Waals surface area contributed by atoms with E-state index in [0.29, 0.717) is 63.9 Å². The summed E-state index contributed by atoms with van der Waals surface area (Å²) in [6, 6.07) is 17.2. The van der Waals surface area contributed by atoms with E-state index in [0.717, 1.165) is 9.40 Å². The number of hydrogen-bond acceptors (Lipinski definition) is 15. The van der Waals surface area contributed by atoms with Crippen molar-refractivity contribution in [2.45, 2.75) is 39.5 Å². The van der Waals surface area contributed by atoms with Crippen molar-refractivity contribution < 1.29 is 52.8 Å². The van der Waals surface area contributed by atoms with E-state index in [9.17, 15) is 28.8 Å². The van der Waals surface area contributed by atoms with Crippen LogP contribution in [0.2, 0.25) is 0 Å². The van der Waals surface area contributed by atoms with Crippen molar-refractivity contribution in [3.05, 3.63) is 106 Å². The minimum atomic E-state index is -0.917. The smallest absolute Gasteiger partial charge is 0.338 e. The number of hydrogen-bond donors (Lipinski definition) is 4. The zero-order valence-corrected chi connectivity index (χ0v) is 35.5. The number of carbonyl (C=O) groups excluding carboxylic acids is 5. The number of methoxy groups -OCH3 is 2. The summed E-state index contributed by atoms with van der Waals surface area (Å²) in [5.41, 5.74) is 4.90. The van der Waals surface area contributed by atoms with Crippen LogP contribution in [0.4, 0.5) is 0 Å². The summed E-state index contributed by atoms with van der Waals surface area (Å²) in [5.74, 6) is 4.86. The summed E-state index contributed by atoms with van der Waals surface area (Å²) in [7, 11) is 3.01. The number of pyridine rings is 2. The van der Waals surface area contributed by atoms with E-state index in [-0.39, 0.29) is 67.0 Å². The highest BCUT2D eigenvalue weighted by molar-refractivity contribution is 7.17. The molecule has 0 bridgehead atoms. The van der Waals surface area contributed by atoms with E-state index < -0.39 is 5.97 Å². The number of carboxylic acids is 1. The van der Waals surface area contributed by atoms with Gasteiger partial charge < -0.3 is 29.4 Å². The van der Waals surface area contributed by atoms with Gasteiger partial charge in [-0.15, -0.1) is 22.7 Å². The molecule has 0 saturated heterocycles. The van der Waals surface area contributed by atoms with Gasteiger partial charge in [-0.25, -0.2) is 10.6 Å². The van der Waals surface area contributed by atoms with Crippen LogP contribution in [0.1, 0.15) is 81.0 Å². The second-order valence-electron chi connectivity index (χ2n) is 12.5. The largest absolute Gasteiger partial charge is 0.493 e. The Kier molecular flexibility index (Phi) is 18.3. The lowest BCUT2D eigenvalue weighted by Crippen LogP contribution is -2.30. The Morgan fingerprint density at radius 2 is 1.11 bits per heavy atom. The molecule has 6 aromatic rings. The van der Waals surface area contributed by atoms with Crippen molar-refractivity contribution in [2.24, 2.45) is 5.84 Å². The van der Waals surface area contributed by atoms with Gasteiger partial charge in [-0.3, -0.25) is 39.4 Å². The SMILES string of the molecule is CCOc1ccc(C(=O)CCC(=O)NCC(=O)c2csc3cccnc23)cc1OC.CCOc1ccc(C(=O)CCC(=O)NN)cc1OC.O=C(O)c1csc2cccnc12. The quantitative estimate of drug-likeness (QED) is 0.0304. The summed E-state index contributed by atoms with van der Waals surface area (Å²) in [4.78, 5) is 78.6. The van der Waals surface area contributed by atoms with Crippen molar-refractivity contribution in [1.29, 1.82) is 0 Å². The number of carboxylic acid groups (broad SMARTS) is 1. The van der Waals surface area contributed by atoms with Gasteiger partial charge in [0.15, 0.2) is 40.3 Å². The minimum Gasteiger partial charge on any atom is -0.493 e. The number of carbonyl (C=O) groups is 6. The number of nitrogens with one attached hydrogen (secondary N) is 2. The van der Waals surface area contributed by atoms with Crippen LogP contribution in [0, 0.1) is 0 Å². The van der Waals surface area contributed by atoms with Gasteiger partial charge in [0.2, 0.25) is 11.8 Å². The summed E-state index contributed by atoms with van der Waals surface area (Å²) in [6.07, 6.45) is 3.41. The number of Topliss-reactive ketones (excluding diaryl/α,β-unsaturated/α-hetero) is 3. The summed E-state index contributed by atoms with van der Waals surface area (Å²) < 4.78 is 23.0. The number of nitrogens with zero attached hydrogens (tertiary/aromatic N) is 2. The van der Waals surface area contributed by atoms with Gasteiger partial charge in [-0.2, -0.15) is 0 Å².